The number of nitrogens with zero attached hydrogens (tertiary/aromatic N) is 1. The fraction of sp³-hybridized carbons (Fsp3) is 0.400. The Morgan fingerprint density at radius 1 is 1.62 bits per heavy atom. The summed E-state index contributed by atoms with van der Waals surface area (Å²) in [5.74, 6) is 0.279. The molecule has 1 unspecified atom stereocenters. The fourth-order valence-electron chi connectivity index (χ4n) is 1.08. The van der Waals surface area contributed by atoms with Crippen LogP contribution >= 0.6 is 11.8 Å². The van der Waals surface area contributed by atoms with Gasteiger partial charge in [-0.15, -0.1) is 11.8 Å². The Kier molecular flexibility index (Phi) is 4.72. The third-order valence-electron chi connectivity index (χ3n) is 1.91. The predicted octanol–water partition coefficient (Wildman–Crippen LogP) is 0.119. The first-order valence-electron chi connectivity index (χ1n) is 4.78. The van der Waals surface area contributed by atoms with E-state index >= 15 is 0 Å². The number of pyridine rings is 1. The van der Waals surface area contributed by atoms with E-state index in [0.717, 1.165) is 5.69 Å². The highest BCUT2D eigenvalue weighted by molar-refractivity contribution is 7.99. The van der Waals surface area contributed by atoms with Crippen LogP contribution in [0.5, 0.6) is 0 Å². The third-order valence-corrected chi connectivity index (χ3v) is 3.05. The summed E-state index contributed by atoms with van der Waals surface area (Å²) in [7, 11) is 0. The number of thioether (sulfide) groups is 1. The molecule has 5 N–H and O–H groups in total. The normalized spacial score (nSPS) is 12.4. The monoisotopic (exact) mass is 241 g/mol. The van der Waals surface area contributed by atoms with Crippen LogP contribution in [0.15, 0.2) is 17.2 Å². The summed E-state index contributed by atoms with van der Waals surface area (Å²) in [5.41, 5.74) is 6.80. The van der Waals surface area contributed by atoms with E-state index in [1.165, 1.54) is 11.8 Å². The molecular formula is C10H15N3O2S. The van der Waals surface area contributed by atoms with Crippen LogP contribution in [0.3, 0.4) is 0 Å². The Morgan fingerprint density at radius 2 is 2.31 bits per heavy atom. The van der Waals surface area contributed by atoms with E-state index in [9.17, 15) is 5.11 Å². The van der Waals surface area contributed by atoms with E-state index in [4.69, 9.17) is 16.2 Å². The standard InChI is InChI=1S/C10H15N3O2S/c1-6-2-3-8(9(11)12)10(13-6)16-5-7(15)4-14/h2-3,7,14-15H,4-5H2,1H3,(H3,11,12). The van der Waals surface area contributed by atoms with E-state index in [1.54, 1.807) is 12.1 Å². The highest BCUT2D eigenvalue weighted by Crippen LogP contribution is 2.21. The van der Waals surface area contributed by atoms with Gasteiger partial charge in [-0.3, -0.25) is 5.41 Å². The third kappa shape index (κ3) is 3.48. The highest BCUT2D eigenvalue weighted by atomic mass is 32.2. The number of aliphatic hydroxyl groups is 2. The maximum absolute atomic E-state index is 9.23. The van der Waals surface area contributed by atoms with Crippen LogP contribution in [-0.2, 0) is 0 Å². The summed E-state index contributed by atoms with van der Waals surface area (Å²) in [6.07, 6.45) is -0.785. The molecule has 0 bridgehead atoms. The number of aryl methyl sites for hydroxylation is 1. The number of nitrogen functional groups attached to an aromatic ring is 1. The topological polar surface area (TPSA) is 103 Å². The predicted molar refractivity (Wildman–Crippen MR) is 63.8 cm³/mol. The van der Waals surface area contributed by atoms with Crippen molar-refractivity contribution in [3.05, 3.63) is 23.4 Å². The molecule has 0 radical (unpaired) electrons. The molecule has 1 aromatic rings. The largest absolute Gasteiger partial charge is 0.394 e. The number of aliphatic hydroxyl groups excluding tert-OH is 2. The Bertz CT molecular complexity index is 384. The van der Waals surface area contributed by atoms with Crippen LogP contribution in [0.1, 0.15) is 11.3 Å². The molecule has 0 spiro atoms. The fourth-order valence-corrected chi connectivity index (χ4v) is 2.07. The first-order chi connectivity index (χ1) is 7.54. The lowest BCUT2D eigenvalue weighted by molar-refractivity contribution is 0.113. The van der Waals surface area contributed by atoms with Crippen molar-refractivity contribution in [2.75, 3.05) is 12.4 Å². The summed E-state index contributed by atoms with van der Waals surface area (Å²) in [6, 6.07) is 3.52. The Labute approximate surface area is 98.2 Å². The number of hydrogen-bond acceptors (Lipinski definition) is 5. The van der Waals surface area contributed by atoms with Crippen LogP contribution in [0.25, 0.3) is 0 Å². The van der Waals surface area contributed by atoms with Gasteiger partial charge in [0.1, 0.15) is 10.9 Å². The molecular weight excluding hydrogens is 226 g/mol. The summed E-state index contributed by atoms with van der Waals surface area (Å²) in [4.78, 5) is 4.25. The van der Waals surface area contributed by atoms with E-state index < -0.39 is 6.10 Å². The number of nitrogens with two attached hydrogens (primary N) is 1. The average Bonchev–Trinajstić information content (AvgIpc) is 2.25. The molecule has 0 aliphatic heterocycles. The quantitative estimate of drug-likeness (QED) is 0.333. The molecule has 88 valence electrons. The lowest BCUT2D eigenvalue weighted by atomic mass is 10.2. The molecule has 0 aliphatic rings. The molecule has 0 aliphatic carbocycles. The van der Waals surface area contributed by atoms with Gasteiger partial charge in [0.15, 0.2) is 0 Å². The zero-order chi connectivity index (χ0) is 12.1. The first-order valence-corrected chi connectivity index (χ1v) is 5.77. The van der Waals surface area contributed by atoms with Gasteiger partial charge in [-0.2, -0.15) is 0 Å². The molecule has 0 aromatic carbocycles. The van der Waals surface area contributed by atoms with Gasteiger partial charge in [-0.25, -0.2) is 4.98 Å². The van der Waals surface area contributed by atoms with Gasteiger partial charge < -0.3 is 15.9 Å². The maximum Gasteiger partial charge on any atom is 0.125 e. The van der Waals surface area contributed by atoms with Crippen molar-refractivity contribution in [3.63, 3.8) is 0 Å². The van der Waals surface area contributed by atoms with Gasteiger partial charge in [0.05, 0.1) is 12.7 Å². The number of nitrogens with one attached hydrogen (secondary N) is 1. The zero-order valence-corrected chi connectivity index (χ0v) is 9.79. The van der Waals surface area contributed by atoms with Gasteiger partial charge in [0, 0.05) is 17.0 Å². The van der Waals surface area contributed by atoms with Crippen LogP contribution in [-0.4, -0.2) is 39.5 Å². The van der Waals surface area contributed by atoms with Gasteiger partial charge in [-0.05, 0) is 19.1 Å². The van der Waals surface area contributed by atoms with E-state index in [0.29, 0.717) is 16.3 Å². The molecule has 1 aromatic heterocycles. The van der Waals surface area contributed by atoms with Crippen molar-refractivity contribution in [2.24, 2.45) is 5.73 Å². The van der Waals surface area contributed by atoms with Gasteiger partial charge in [0.25, 0.3) is 0 Å². The van der Waals surface area contributed by atoms with Crippen LogP contribution in [0.2, 0.25) is 0 Å². The molecule has 6 heteroatoms. The molecule has 5 nitrogen and oxygen atoms in total. The Balaban J connectivity index is 2.84. The highest BCUT2D eigenvalue weighted by Gasteiger charge is 2.10. The molecule has 0 saturated carbocycles. The van der Waals surface area contributed by atoms with E-state index in [2.05, 4.69) is 4.98 Å². The van der Waals surface area contributed by atoms with Crippen molar-refractivity contribution >= 4 is 17.6 Å². The number of amidine groups is 1. The van der Waals surface area contributed by atoms with Gasteiger partial charge in [-0.1, -0.05) is 0 Å². The van der Waals surface area contributed by atoms with Crippen molar-refractivity contribution in [3.8, 4) is 0 Å². The van der Waals surface area contributed by atoms with Crippen LogP contribution in [0.4, 0.5) is 0 Å². The smallest absolute Gasteiger partial charge is 0.125 e. The van der Waals surface area contributed by atoms with Crippen molar-refractivity contribution in [1.29, 1.82) is 5.41 Å². The van der Waals surface area contributed by atoms with E-state index in [1.807, 2.05) is 6.92 Å². The summed E-state index contributed by atoms with van der Waals surface area (Å²) in [5, 5.41) is 25.9. The second-order valence-electron chi connectivity index (χ2n) is 3.37. The SMILES string of the molecule is Cc1ccc(C(=N)N)c(SCC(O)CO)n1. The van der Waals surface area contributed by atoms with Gasteiger partial charge in [0.2, 0.25) is 0 Å². The molecule has 1 atom stereocenters. The number of aromatic nitrogens is 1. The second kappa shape index (κ2) is 5.83. The summed E-state index contributed by atoms with van der Waals surface area (Å²) < 4.78 is 0. The lowest BCUT2D eigenvalue weighted by Crippen LogP contribution is -2.17. The molecule has 0 fully saturated rings. The van der Waals surface area contributed by atoms with E-state index in [-0.39, 0.29) is 12.4 Å². The Hall–Kier alpha value is -1.11. The summed E-state index contributed by atoms with van der Waals surface area (Å²) in [6.45, 7) is 1.56. The van der Waals surface area contributed by atoms with Gasteiger partial charge >= 0.3 is 0 Å². The zero-order valence-electron chi connectivity index (χ0n) is 8.97. The first kappa shape index (κ1) is 13.0. The van der Waals surface area contributed by atoms with Crippen molar-refractivity contribution in [1.82, 2.24) is 4.98 Å². The van der Waals surface area contributed by atoms with Crippen molar-refractivity contribution < 1.29 is 10.2 Å². The van der Waals surface area contributed by atoms with Crippen LogP contribution in [0, 0.1) is 12.3 Å². The molecule has 16 heavy (non-hydrogen) atoms. The maximum atomic E-state index is 9.23. The lowest BCUT2D eigenvalue weighted by Gasteiger charge is -2.10. The average molecular weight is 241 g/mol. The number of rotatable bonds is 5. The minimum absolute atomic E-state index is 0.0477. The molecule has 0 saturated heterocycles. The molecule has 1 rings (SSSR count). The number of hydrogen-bond donors (Lipinski definition) is 4. The minimum atomic E-state index is -0.785. The van der Waals surface area contributed by atoms with Crippen molar-refractivity contribution in [2.45, 2.75) is 18.1 Å². The van der Waals surface area contributed by atoms with Crippen LogP contribution < -0.4 is 5.73 Å². The molecule has 1 heterocycles. The second-order valence-corrected chi connectivity index (χ2v) is 4.38. The minimum Gasteiger partial charge on any atom is -0.394 e. The summed E-state index contributed by atoms with van der Waals surface area (Å²) >= 11 is 1.28. The Morgan fingerprint density at radius 3 is 2.88 bits per heavy atom. The molecule has 0 amide bonds.